The Morgan fingerprint density at radius 1 is 1.40 bits per heavy atom. The van der Waals surface area contributed by atoms with Crippen LogP contribution in [0.15, 0.2) is 18.5 Å². The number of primary amides is 1. The topological polar surface area (TPSA) is 102 Å². The Kier molecular flexibility index (Phi) is 3.46. The third kappa shape index (κ3) is 2.62. The molecule has 7 nitrogen and oxygen atoms in total. The molecule has 2 heterocycles. The lowest BCUT2D eigenvalue weighted by molar-refractivity contribution is 0.100. The van der Waals surface area contributed by atoms with Gasteiger partial charge in [-0.15, -0.1) is 0 Å². The van der Waals surface area contributed by atoms with Crippen LogP contribution in [0.25, 0.3) is 11.0 Å². The maximum Gasteiger partial charge on any atom is 0.255 e. The van der Waals surface area contributed by atoms with Gasteiger partial charge < -0.3 is 15.6 Å². The summed E-state index contributed by atoms with van der Waals surface area (Å²) in [4.78, 5) is 16.1. The van der Waals surface area contributed by atoms with Crippen LogP contribution in [-0.4, -0.2) is 32.7 Å². The van der Waals surface area contributed by atoms with E-state index in [4.69, 9.17) is 5.73 Å². The van der Waals surface area contributed by atoms with Gasteiger partial charge >= 0.3 is 0 Å². The normalized spacial score (nSPS) is 13.5. The molecular weight excluding hydrogens is 316 g/mol. The average Bonchev–Trinajstić information content (AvgIpc) is 3.21. The number of hydrogen-bond donors (Lipinski definition) is 3. The summed E-state index contributed by atoms with van der Waals surface area (Å²) in [6.07, 6.45) is 4.34. The molecule has 0 aliphatic heterocycles. The fourth-order valence-corrected chi connectivity index (χ4v) is 2.94. The molecule has 1 amide bonds. The molecule has 0 atom stereocenters. The molecule has 0 unspecified atom stereocenters. The Morgan fingerprint density at radius 2 is 2.20 bits per heavy atom. The number of H-pyrrole nitrogens is 1. The lowest BCUT2D eigenvalue weighted by Gasteiger charge is -2.03. The van der Waals surface area contributed by atoms with E-state index in [1.54, 1.807) is 7.05 Å². The molecule has 3 aromatic rings. The number of carbonyl (C=O) groups excluding carboxylic acids is 1. The zero-order valence-electron chi connectivity index (χ0n) is 14.1. The number of amides is 1. The fraction of sp³-hybridized carbons (Fsp3) is 0.278. The molecular formula is C18H18N6O. The van der Waals surface area contributed by atoms with Gasteiger partial charge in [-0.05, 0) is 43.4 Å². The molecule has 1 aliphatic carbocycles. The second-order valence-electron chi connectivity index (χ2n) is 6.23. The van der Waals surface area contributed by atoms with Crippen molar-refractivity contribution in [3.8, 4) is 11.8 Å². The van der Waals surface area contributed by atoms with Crippen LogP contribution in [0.4, 0.5) is 5.82 Å². The van der Waals surface area contributed by atoms with Crippen LogP contribution in [0.3, 0.4) is 0 Å². The fourth-order valence-electron chi connectivity index (χ4n) is 2.94. The summed E-state index contributed by atoms with van der Waals surface area (Å²) in [6, 6.07) is 4.69. The van der Waals surface area contributed by atoms with Crippen molar-refractivity contribution in [2.75, 3.05) is 12.4 Å². The van der Waals surface area contributed by atoms with Crippen LogP contribution in [-0.2, 0) is 0 Å². The Bertz CT molecular complexity index is 1040. The molecule has 126 valence electrons. The second kappa shape index (κ2) is 5.67. The summed E-state index contributed by atoms with van der Waals surface area (Å²) in [5.74, 6) is 5.90. The number of aromatic nitrogens is 4. The number of hydrogen-bond acceptors (Lipinski definition) is 4. The summed E-state index contributed by atoms with van der Waals surface area (Å²) in [6.45, 7) is 2.02. The molecule has 1 aromatic carbocycles. The Balaban J connectivity index is 1.75. The Labute approximate surface area is 144 Å². The van der Waals surface area contributed by atoms with Crippen molar-refractivity contribution in [1.29, 1.82) is 0 Å². The van der Waals surface area contributed by atoms with E-state index in [9.17, 15) is 4.79 Å². The molecule has 4 N–H and O–H groups in total. The van der Waals surface area contributed by atoms with Crippen molar-refractivity contribution >= 4 is 22.8 Å². The van der Waals surface area contributed by atoms with Crippen LogP contribution >= 0.6 is 0 Å². The lowest BCUT2D eigenvalue weighted by Crippen LogP contribution is -2.13. The van der Waals surface area contributed by atoms with Crippen molar-refractivity contribution in [2.24, 2.45) is 5.73 Å². The molecule has 25 heavy (non-hydrogen) atoms. The van der Waals surface area contributed by atoms with Gasteiger partial charge in [0.05, 0.1) is 17.4 Å². The number of nitrogens with zero attached hydrogens (tertiary/aromatic N) is 3. The van der Waals surface area contributed by atoms with E-state index in [-0.39, 0.29) is 5.56 Å². The van der Waals surface area contributed by atoms with Crippen molar-refractivity contribution in [2.45, 2.75) is 25.8 Å². The number of anilines is 1. The van der Waals surface area contributed by atoms with Gasteiger partial charge in [0.15, 0.2) is 5.82 Å². The SMILES string of the molecule is CNc1n[nH]c(C#Cc2cc3ncn(C4CC4)c3cc2C)c1C(N)=O. The average molecular weight is 334 g/mol. The minimum Gasteiger partial charge on any atom is -0.371 e. The highest BCUT2D eigenvalue weighted by atomic mass is 16.1. The first-order chi connectivity index (χ1) is 12.1. The van der Waals surface area contributed by atoms with Gasteiger partial charge in [0, 0.05) is 18.7 Å². The molecule has 1 saturated carbocycles. The highest BCUT2D eigenvalue weighted by molar-refractivity contribution is 5.99. The highest BCUT2D eigenvalue weighted by Crippen LogP contribution is 2.37. The number of rotatable bonds is 3. The van der Waals surface area contributed by atoms with E-state index in [1.807, 2.05) is 19.3 Å². The Hall–Kier alpha value is -3.27. The van der Waals surface area contributed by atoms with E-state index in [2.05, 4.69) is 43.0 Å². The molecule has 0 bridgehead atoms. The maximum absolute atomic E-state index is 11.6. The van der Waals surface area contributed by atoms with Gasteiger partial charge in [-0.25, -0.2) is 4.98 Å². The number of fused-ring (bicyclic) bond motifs is 1. The third-order valence-electron chi connectivity index (χ3n) is 4.43. The number of nitrogens with one attached hydrogen (secondary N) is 2. The predicted octanol–water partition coefficient (Wildman–Crippen LogP) is 1.94. The quantitative estimate of drug-likeness (QED) is 0.637. The smallest absolute Gasteiger partial charge is 0.255 e. The van der Waals surface area contributed by atoms with Crippen molar-refractivity contribution < 1.29 is 4.79 Å². The molecule has 0 spiro atoms. The number of aromatic amines is 1. The first kappa shape index (κ1) is 15.3. The van der Waals surface area contributed by atoms with Crippen molar-refractivity contribution in [1.82, 2.24) is 19.7 Å². The van der Waals surface area contributed by atoms with Crippen LogP contribution in [0.1, 0.15) is 46.1 Å². The monoisotopic (exact) mass is 334 g/mol. The molecule has 0 saturated heterocycles. The lowest BCUT2D eigenvalue weighted by atomic mass is 10.1. The van der Waals surface area contributed by atoms with Gasteiger partial charge in [-0.2, -0.15) is 5.10 Å². The zero-order chi connectivity index (χ0) is 17.6. The van der Waals surface area contributed by atoms with Gasteiger partial charge in [0.25, 0.3) is 5.91 Å². The van der Waals surface area contributed by atoms with E-state index in [0.29, 0.717) is 17.6 Å². The zero-order valence-corrected chi connectivity index (χ0v) is 14.1. The molecule has 4 rings (SSSR count). The second-order valence-corrected chi connectivity index (χ2v) is 6.23. The largest absolute Gasteiger partial charge is 0.371 e. The van der Waals surface area contributed by atoms with Crippen molar-refractivity contribution in [3.05, 3.63) is 40.8 Å². The standard InChI is InChI=1S/C18H18N6O/c1-10-7-15-14(21-9-24(15)12-4-5-12)8-11(10)3-6-13-16(17(19)25)18(20-2)23-22-13/h7-9,12H,4-5H2,1-2H3,(H2,19,25)(H2,20,22,23). The first-order valence-electron chi connectivity index (χ1n) is 8.13. The number of carbonyl (C=O) groups is 1. The van der Waals surface area contributed by atoms with Crippen molar-refractivity contribution in [3.63, 3.8) is 0 Å². The molecule has 0 radical (unpaired) electrons. The first-order valence-corrected chi connectivity index (χ1v) is 8.13. The van der Waals surface area contributed by atoms with E-state index < -0.39 is 5.91 Å². The number of benzene rings is 1. The van der Waals surface area contributed by atoms with Crippen LogP contribution in [0.2, 0.25) is 0 Å². The summed E-state index contributed by atoms with van der Waals surface area (Å²) in [7, 11) is 1.67. The van der Waals surface area contributed by atoms with Gasteiger partial charge in [0.1, 0.15) is 11.3 Å². The molecule has 7 heteroatoms. The van der Waals surface area contributed by atoms with E-state index >= 15 is 0 Å². The summed E-state index contributed by atoms with van der Waals surface area (Å²) in [5, 5.41) is 9.60. The summed E-state index contributed by atoms with van der Waals surface area (Å²) < 4.78 is 2.23. The van der Waals surface area contributed by atoms with Crippen LogP contribution < -0.4 is 11.1 Å². The van der Waals surface area contributed by atoms with Gasteiger partial charge in [-0.3, -0.25) is 9.89 Å². The van der Waals surface area contributed by atoms with Crippen LogP contribution in [0.5, 0.6) is 0 Å². The van der Waals surface area contributed by atoms with E-state index in [0.717, 1.165) is 22.2 Å². The van der Waals surface area contributed by atoms with E-state index in [1.165, 1.54) is 12.8 Å². The maximum atomic E-state index is 11.6. The van der Waals surface area contributed by atoms with Gasteiger partial charge in [-0.1, -0.05) is 5.92 Å². The highest BCUT2D eigenvalue weighted by Gasteiger charge is 2.25. The number of imidazole rings is 1. The molecule has 1 fully saturated rings. The number of nitrogens with two attached hydrogens (primary N) is 1. The minimum absolute atomic E-state index is 0.270. The summed E-state index contributed by atoms with van der Waals surface area (Å²) >= 11 is 0. The Morgan fingerprint density at radius 3 is 2.88 bits per heavy atom. The minimum atomic E-state index is -0.572. The molecule has 2 aromatic heterocycles. The summed E-state index contributed by atoms with van der Waals surface area (Å²) in [5.41, 5.74) is 10.1. The van der Waals surface area contributed by atoms with Crippen LogP contribution in [0, 0.1) is 18.8 Å². The van der Waals surface area contributed by atoms with Gasteiger partial charge in [0.2, 0.25) is 0 Å². The molecule has 1 aliphatic rings. The predicted molar refractivity (Wildman–Crippen MR) is 95.4 cm³/mol. The number of aryl methyl sites for hydroxylation is 1. The third-order valence-corrected chi connectivity index (χ3v) is 4.43.